The summed E-state index contributed by atoms with van der Waals surface area (Å²) < 4.78 is 0. The SMILES string of the molecule is CCCCCP(CCPC)C(C)CCC. The first-order valence-corrected chi connectivity index (χ1v) is 10.1. The van der Waals surface area contributed by atoms with Crippen LogP contribution in [0.5, 0.6) is 0 Å². The van der Waals surface area contributed by atoms with Crippen LogP contribution in [0.2, 0.25) is 0 Å². The summed E-state index contributed by atoms with van der Waals surface area (Å²) in [6.07, 6.45) is 11.7. The third-order valence-electron chi connectivity index (χ3n) is 3.03. The molecular weight excluding hydrogens is 218 g/mol. The minimum atomic E-state index is 0.362. The summed E-state index contributed by atoms with van der Waals surface area (Å²) >= 11 is 0. The molecule has 0 aromatic rings. The molecule has 3 unspecified atom stereocenters. The first-order chi connectivity index (χ1) is 7.26. The molecule has 0 amide bonds. The lowest BCUT2D eigenvalue weighted by Gasteiger charge is -2.24. The number of hydrogen-bond acceptors (Lipinski definition) is 0. The van der Waals surface area contributed by atoms with Gasteiger partial charge in [-0.05, 0) is 43.7 Å². The average Bonchev–Trinajstić information content (AvgIpc) is 2.23. The Morgan fingerprint density at radius 3 is 2.33 bits per heavy atom. The molecule has 15 heavy (non-hydrogen) atoms. The third kappa shape index (κ3) is 8.65. The first-order valence-electron chi connectivity index (χ1n) is 6.64. The summed E-state index contributed by atoms with van der Waals surface area (Å²) in [5, 5.41) is 0. The van der Waals surface area contributed by atoms with Crippen LogP contribution in [0.1, 0.15) is 52.9 Å². The van der Waals surface area contributed by atoms with Crippen LogP contribution < -0.4 is 0 Å². The van der Waals surface area contributed by atoms with Gasteiger partial charge in [0.1, 0.15) is 0 Å². The van der Waals surface area contributed by atoms with Gasteiger partial charge in [-0.15, -0.1) is 16.5 Å². The van der Waals surface area contributed by atoms with Crippen molar-refractivity contribution in [3.05, 3.63) is 0 Å². The van der Waals surface area contributed by atoms with Gasteiger partial charge in [0.15, 0.2) is 0 Å². The topological polar surface area (TPSA) is 0 Å². The summed E-state index contributed by atoms with van der Waals surface area (Å²) in [7, 11) is 1.53. The van der Waals surface area contributed by atoms with Crippen molar-refractivity contribution in [2.24, 2.45) is 0 Å². The van der Waals surface area contributed by atoms with Gasteiger partial charge in [0.25, 0.3) is 0 Å². The molecule has 0 fully saturated rings. The van der Waals surface area contributed by atoms with Gasteiger partial charge in [-0.3, -0.25) is 0 Å². The zero-order valence-corrected chi connectivity index (χ0v) is 13.1. The molecule has 0 spiro atoms. The molecule has 2 heteroatoms. The number of rotatable bonds is 10. The molecule has 0 aliphatic rings. The molecular formula is C13H30P2. The predicted molar refractivity (Wildman–Crippen MR) is 79.7 cm³/mol. The molecule has 3 atom stereocenters. The quantitative estimate of drug-likeness (QED) is 0.370. The number of hydrogen-bond donors (Lipinski definition) is 0. The van der Waals surface area contributed by atoms with Crippen molar-refractivity contribution in [3.63, 3.8) is 0 Å². The minimum Gasteiger partial charge on any atom is -0.125 e. The fraction of sp³-hybridized carbons (Fsp3) is 1.00. The molecule has 0 bridgehead atoms. The van der Waals surface area contributed by atoms with Gasteiger partial charge in [-0.2, -0.15) is 0 Å². The van der Waals surface area contributed by atoms with Crippen molar-refractivity contribution in [2.45, 2.75) is 58.5 Å². The lowest BCUT2D eigenvalue weighted by Crippen LogP contribution is -2.06. The maximum absolute atomic E-state index is 2.50. The van der Waals surface area contributed by atoms with Crippen molar-refractivity contribution in [2.75, 3.05) is 25.2 Å². The molecule has 0 heterocycles. The van der Waals surface area contributed by atoms with Gasteiger partial charge in [0, 0.05) is 0 Å². The van der Waals surface area contributed by atoms with Crippen LogP contribution in [0.25, 0.3) is 0 Å². The summed E-state index contributed by atoms with van der Waals surface area (Å²) in [6.45, 7) is 9.49. The lowest BCUT2D eigenvalue weighted by molar-refractivity contribution is 0.752. The van der Waals surface area contributed by atoms with Gasteiger partial charge in [0.2, 0.25) is 0 Å². The van der Waals surface area contributed by atoms with Crippen molar-refractivity contribution in [3.8, 4) is 0 Å². The monoisotopic (exact) mass is 248 g/mol. The van der Waals surface area contributed by atoms with Crippen LogP contribution in [0, 0.1) is 0 Å². The van der Waals surface area contributed by atoms with Crippen LogP contribution in [-0.2, 0) is 0 Å². The van der Waals surface area contributed by atoms with Gasteiger partial charge in [-0.25, -0.2) is 0 Å². The second-order valence-electron chi connectivity index (χ2n) is 4.48. The summed E-state index contributed by atoms with van der Waals surface area (Å²) in [6, 6.07) is 0. The van der Waals surface area contributed by atoms with Crippen LogP contribution in [0.4, 0.5) is 0 Å². The van der Waals surface area contributed by atoms with E-state index in [4.69, 9.17) is 0 Å². The Labute approximate surface area is 101 Å². The molecule has 0 radical (unpaired) electrons. The van der Waals surface area contributed by atoms with Crippen molar-refractivity contribution in [1.82, 2.24) is 0 Å². The van der Waals surface area contributed by atoms with E-state index < -0.39 is 0 Å². The average molecular weight is 248 g/mol. The third-order valence-corrected chi connectivity index (χ3v) is 7.39. The Balaban J connectivity index is 3.81. The molecule has 0 aromatic heterocycles. The normalized spacial score (nSPS) is 16.0. The Morgan fingerprint density at radius 1 is 1.07 bits per heavy atom. The molecule has 0 N–H and O–H groups in total. The van der Waals surface area contributed by atoms with Crippen molar-refractivity contribution in [1.29, 1.82) is 0 Å². The number of unbranched alkanes of at least 4 members (excludes halogenated alkanes) is 2. The standard InChI is InChI=1S/C13H30P2/c1-5-7-8-11-15(12-10-14-4)13(3)9-6-2/h13-14H,5-12H2,1-4H3. The summed E-state index contributed by atoms with van der Waals surface area (Å²) in [4.78, 5) is 0. The van der Waals surface area contributed by atoms with Gasteiger partial charge in [-0.1, -0.05) is 40.0 Å². The van der Waals surface area contributed by atoms with E-state index in [2.05, 4.69) is 27.4 Å². The van der Waals surface area contributed by atoms with Crippen LogP contribution >= 0.6 is 16.5 Å². The van der Waals surface area contributed by atoms with Gasteiger partial charge >= 0.3 is 0 Å². The maximum Gasteiger partial charge on any atom is -0.0238 e. The maximum atomic E-state index is 2.50. The molecule has 92 valence electrons. The molecule has 0 saturated heterocycles. The van der Waals surface area contributed by atoms with E-state index in [1.165, 1.54) is 46.8 Å². The fourth-order valence-corrected chi connectivity index (χ4v) is 6.37. The van der Waals surface area contributed by atoms with Gasteiger partial charge < -0.3 is 0 Å². The zero-order valence-electron chi connectivity index (χ0n) is 11.2. The molecule has 0 nitrogen and oxygen atoms in total. The molecule has 0 rings (SSSR count). The van der Waals surface area contributed by atoms with E-state index >= 15 is 0 Å². The van der Waals surface area contributed by atoms with Crippen molar-refractivity contribution < 1.29 is 0 Å². The molecule has 0 saturated carbocycles. The largest absolute Gasteiger partial charge is 0.125 e. The minimum absolute atomic E-state index is 0.362. The second-order valence-corrected chi connectivity index (χ2v) is 8.64. The molecule has 0 aromatic carbocycles. The molecule has 0 aliphatic heterocycles. The van der Waals surface area contributed by atoms with E-state index in [0.29, 0.717) is 7.92 Å². The highest BCUT2D eigenvalue weighted by Gasteiger charge is 2.14. The Hall–Kier alpha value is 0.860. The zero-order chi connectivity index (χ0) is 11.5. The first kappa shape index (κ1) is 15.9. The fourth-order valence-electron chi connectivity index (χ4n) is 1.97. The van der Waals surface area contributed by atoms with E-state index in [-0.39, 0.29) is 0 Å². The lowest BCUT2D eigenvalue weighted by atomic mass is 10.3. The van der Waals surface area contributed by atoms with E-state index in [1.54, 1.807) is 12.3 Å². The molecule has 0 aliphatic carbocycles. The van der Waals surface area contributed by atoms with E-state index in [0.717, 1.165) is 5.66 Å². The van der Waals surface area contributed by atoms with E-state index in [1.807, 2.05) is 0 Å². The second kappa shape index (κ2) is 11.3. The van der Waals surface area contributed by atoms with Crippen LogP contribution in [0.3, 0.4) is 0 Å². The smallest absolute Gasteiger partial charge is 0.0238 e. The van der Waals surface area contributed by atoms with Crippen molar-refractivity contribution >= 4 is 16.5 Å². The highest BCUT2D eigenvalue weighted by Crippen LogP contribution is 2.44. The van der Waals surface area contributed by atoms with Gasteiger partial charge in [0.05, 0.1) is 0 Å². The predicted octanol–water partition coefficient (Wildman–Crippen LogP) is 5.16. The highest BCUT2D eigenvalue weighted by atomic mass is 31.1. The Morgan fingerprint density at radius 2 is 1.80 bits per heavy atom. The summed E-state index contributed by atoms with van der Waals surface area (Å²) in [5.74, 6) is 0. The Kier molecular flexibility index (Phi) is 12.0. The van der Waals surface area contributed by atoms with E-state index in [9.17, 15) is 0 Å². The summed E-state index contributed by atoms with van der Waals surface area (Å²) in [5.41, 5.74) is 1.03. The Bertz CT molecular complexity index is 126. The highest BCUT2D eigenvalue weighted by molar-refractivity contribution is 7.59. The van der Waals surface area contributed by atoms with Crippen LogP contribution in [-0.4, -0.2) is 30.8 Å². The van der Waals surface area contributed by atoms with Crippen LogP contribution in [0.15, 0.2) is 0 Å².